The molecular formula is C27H16F6N2O6. The molecule has 0 atom stereocenters. The third kappa shape index (κ3) is 5.48. The first-order chi connectivity index (χ1) is 19.3. The van der Waals surface area contributed by atoms with Gasteiger partial charge in [-0.15, -0.1) is 0 Å². The van der Waals surface area contributed by atoms with Gasteiger partial charge in [0, 0.05) is 35.4 Å². The Labute approximate surface area is 226 Å². The quantitative estimate of drug-likeness (QED) is 0.118. The number of nitrogens with zero attached hydrogens (tertiary/aromatic N) is 2. The molecular weight excluding hydrogens is 562 g/mol. The fourth-order valence-electron chi connectivity index (χ4n) is 4.17. The number of hydrogen-bond donors (Lipinski definition) is 0. The summed E-state index contributed by atoms with van der Waals surface area (Å²) in [6, 6.07) is 15.4. The first-order valence-corrected chi connectivity index (χ1v) is 11.4. The Hall–Kier alpha value is -5.14. The Kier molecular flexibility index (Phi) is 7.59. The summed E-state index contributed by atoms with van der Waals surface area (Å²) in [5.74, 6) is -2.14. The van der Waals surface area contributed by atoms with Crippen LogP contribution in [0.25, 0.3) is 0 Å². The average molecular weight is 578 g/mol. The van der Waals surface area contributed by atoms with Crippen LogP contribution >= 0.6 is 0 Å². The van der Waals surface area contributed by atoms with Gasteiger partial charge in [-0.25, -0.2) is 0 Å². The Balaban J connectivity index is 1.92. The zero-order valence-electron chi connectivity index (χ0n) is 20.3. The van der Waals surface area contributed by atoms with Crippen molar-refractivity contribution in [1.82, 2.24) is 0 Å². The summed E-state index contributed by atoms with van der Waals surface area (Å²) >= 11 is 0. The molecule has 4 aromatic carbocycles. The van der Waals surface area contributed by atoms with Gasteiger partial charge in [-0.1, -0.05) is 36.4 Å². The van der Waals surface area contributed by atoms with Crippen LogP contribution in [0.3, 0.4) is 0 Å². The highest BCUT2D eigenvalue weighted by molar-refractivity contribution is 5.57. The summed E-state index contributed by atoms with van der Waals surface area (Å²) in [5.41, 5.74) is -8.07. The molecule has 0 heterocycles. The number of rotatable bonds is 8. The standard InChI is InChI=1S/C27H16F6N2O6/c28-26(29,30)25(27(31,32)33,21-5-1-3-7-23(21)40-19-13-9-17(10-14-19)34(36)37)22-6-2-4-8-24(22)41-20-15-11-18(12-16-20)35(38)39/h1-16H. The van der Waals surface area contributed by atoms with Crippen molar-refractivity contribution < 1.29 is 45.7 Å². The summed E-state index contributed by atoms with van der Waals surface area (Å²) in [5, 5.41) is 21.8. The molecule has 0 saturated heterocycles. The van der Waals surface area contributed by atoms with Crippen LogP contribution in [0.4, 0.5) is 37.7 Å². The highest BCUT2D eigenvalue weighted by Gasteiger charge is 2.74. The largest absolute Gasteiger partial charge is 0.457 e. The number of halogens is 6. The van der Waals surface area contributed by atoms with E-state index in [-0.39, 0.29) is 22.9 Å². The lowest BCUT2D eigenvalue weighted by Crippen LogP contribution is -2.55. The molecule has 8 nitrogen and oxygen atoms in total. The van der Waals surface area contributed by atoms with Crippen molar-refractivity contribution in [1.29, 1.82) is 0 Å². The zero-order valence-corrected chi connectivity index (χ0v) is 20.3. The Morgan fingerprint density at radius 3 is 1.12 bits per heavy atom. The first-order valence-electron chi connectivity index (χ1n) is 11.4. The van der Waals surface area contributed by atoms with E-state index in [1.165, 1.54) is 12.1 Å². The Bertz CT molecular complexity index is 1450. The highest BCUT2D eigenvalue weighted by atomic mass is 19.4. The van der Waals surface area contributed by atoms with Crippen molar-refractivity contribution in [2.45, 2.75) is 17.8 Å². The van der Waals surface area contributed by atoms with Gasteiger partial charge in [0.1, 0.15) is 23.0 Å². The second-order valence-electron chi connectivity index (χ2n) is 8.44. The van der Waals surface area contributed by atoms with E-state index in [0.717, 1.165) is 72.8 Å². The number of non-ortho nitro benzene ring substituents is 2. The molecule has 0 N–H and O–H groups in total. The van der Waals surface area contributed by atoms with Gasteiger partial charge in [0.2, 0.25) is 5.41 Å². The van der Waals surface area contributed by atoms with Gasteiger partial charge in [0.15, 0.2) is 0 Å². The molecule has 0 amide bonds. The minimum atomic E-state index is -6.00. The maximum absolute atomic E-state index is 15.0. The molecule has 0 aliphatic carbocycles. The summed E-state index contributed by atoms with van der Waals surface area (Å²) in [6.45, 7) is 0. The molecule has 4 aromatic rings. The van der Waals surface area contributed by atoms with Gasteiger partial charge in [-0.05, 0) is 36.4 Å². The normalized spacial score (nSPS) is 12.0. The van der Waals surface area contributed by atoms with Crippen molar-refractivity contribution in [2.75, 3.05) is 0 Å². The molecule has 0 bridgehead atoms. The van der Waals surface area contributed by atoms with E-state index in [4.69, 9.17) is 9.47 Å². The minimum Gasteiger partial charge on any atom is -0.457 e. The summed E-state index contributed by atoms with van der Waals surface area (Å²) < 4.78 is 101. The van der Waals surface area contributed by atoms with Crippen molar-refractivity contribution in [3.8, 4) is 23.0 Å². The number of nitro benzene ring substituents is 2. The van der Waals surface area contributed by atoms with Crippen molar-refractivity contribution in [3.05, 3.63) is 128 Å². The fourth-order valence-corrected chi connectivity index (χ4v) is 4.17. The van der Waals surface area contributed by atoms with E-state index in [1.54, 1.807) is 0 Å². The molecule has 0 aliphatic heterocycles. The van der Waals surface area contributed by atoms with Gasteiger partial charge in [-0.3, -0.25) is 20.2 Å². The molecule has 0 radical (unpaired) electrons. The Morgan fingerprint density at radius 1 is 0.512 bits per heavy atom. The van der Waals surface area contributed by atoms with E-state index < -0.39 is 50.2 Å². The molecule has 0 aliphatic rings. The molecule has 14 heteroatoms. The van der Waals surface area contributed by atoms with E-state index in [9.17, 15) is 46.6 Å². The number of nitro groups is 2. The number of para-hydroxylation sites is 2. The van der Waals surface area contributed by atoms with Crippen LogP contribution in [-0.2, 0) is 5.41 Å². The third-order valence-electron chi connectivity index (χ3n) is 5.98. The van der Waals surface area contributed by atoms with Gasteiger partial charge in [-0.2, -0.15) is 26.3 Å². The predicted octanol–water partition coefficient (Wildman–Crippen LogP) is 8.50. The monoisotopic (exact) mass is 578 g/mol. The number of benzene rings is 4. The molecule has 41 heavy (non-hydrogen) atoms. The van der Waals surface area contributed by atoms with Crippen LogP contribution in [0.5, 0.6) is 23.0 Å². The van der Waals surface area contributed by atoms with Crippen LogP contribution in [-0.4, -0.2) is 22.2 Å². The van der Waals surface area contributed by atoms with Gasteiger partial charge >= 0.3 is 12.4 Å². The van der Waals surface area contributed by atoms with E-state index in [0.29, 0.717) is 12.1 Å². The van der Waals surface area contributed by atoms with Gasteiger partial charge in [0.25, 0.3) is 11.4 Å². The van der Waals surface area contributed by atoms with Crippen molar-refractivity contribution in [3.63, 3.8) is 0 Å². The maximum Gasteiger partial charge on any atom is 0.411 e. The second-order valence-corrected chi connectivity index (χ2v) is 8.44. The van der Waals surface area contributed by atoms with Crippen LogP contribution in [0, 0.1) is 20.2 Å². The first kappa shape index (κ1) is 28.9. The molecule has 0 spiro atoms. The average Bonchev–Trinajstić information content (AvgIpc) is 2.90. The molecule has 0 saturated carbocycles. The highest BCUT2D eigenvalue weighted by Crippen LogP contribution is 2.60. The van der Waals surface area contributed by atoms with E-state index in [2.05, 4.69) is 0 Å². The lowest BCUT2D eigenvalue weighted by atomic mass is 9.72. The van der Waals surface area contributed by atoms with Crippen LogP contribution in [0.1, 0.15) is 11.1 Å². The van der Waals surface area contributed by atoms with Crippen LogP contribution in [0.2, 0.25) is 0 Å². The predicted molar refractivity (Wildman–Crippen MR) is 132 cm³/mol. The lowest BCUT2D eigenvalue weighted by molar-refractivity contribution is -0.385. The van der Waals surface area contributed by atoms with Crippen LogP contribution < -0.4 is 9.47 Å². The maximum atomic E-state index is 15.0. The number of hydrogen-bond acceptors (Lipinski definition) is 6. The third-order valence-corrected chi connectivity index (χ3v) is 5.98. The molecule has 0 aromatic heterocycles. The van der Waals surface area contributed by atoms with E-state index in [1.807, 2.05) is 0 Å². The SMILES string of the molecule is O=[N+]([O-])c1ccc(Oc2ccccc2C(c2ccccc2Oc2ccc([N+](=O)[O-])cc2)(C(F)(F)F)C(F)(F)F)cc1. The zero-order chi connectivity index (χ0) is 30.0. The Morgan fingerprint density at radius 2 is 0.829 bits per heavy atom. The number of ether oxygens (including phenoxy) is 2. The topological polar surface area (TPSA) is 105 Å². The summed E-state index contributed by atoms with van der Waals surface area (Å²) in [6.07, 6.45) is -12.0. The lowest BCUT2D eigenvalue weighted by Gasteiger charge is -2.39. The minimum absolute atomic E-state index is 0.253. The molecule has 0 fully saturated rings. The molecule has 4 rings (SSSR count). The van der Waals surface area contributed by atoms with E-state index >= 15 is 0 Å². The van der Waals surface area contributed by atoms with Crippen LogP contribution in [0.15, 0.2) is 97.1 Å². The second kappa shape index (κ2) is 10.8. The molecule has 212 valence electrons. The fraction of sp³-hybridized carbons (Fsp3) is 0.111. The number of alkyl halides is 6. The summed E-state index contributed by atoms with van der Waals surface area (Å²) in [7, 11) is 0. The van der Waals surface area contributed by atoms with Gasteiger partial charge < -0.3 is 9.47 Å². The van der Waals surface area contributed by atoms with Crippen molar-refractivity contribution in [2.24, 2.45) is 0 Å². The molecule has 0 unspecified atom stereocenters. The van der Waals surface area contributed by atoms with Gasteiger partial charge in [0.05, 0.1) is 9.85 Å². The smallest absolute Gasteiger partial charge is 0.411 e. The summed E-state index contributed by atoms with van der Waals surface area (Å²) in [4.78, 5) is 20.4. The van der Waals surface area contributed by atoms with Crippen molar-refractivity contribution >= 4 is 11.4 Å².